The fraction of sp³-hybridized carbons (Fsp3) is 0.571. The van der Waals surface area contributed by atoms with Crippen LogP contribution in [0.25, 0.3) is 0 Å². The van der Waals surface area contributed by atoms with E-state index in [2.05, 4.69) is 49.9 Å². The van der Waals surface area contributed by atoms with Gasteiger partial charge in [0.25, 0.3) is 0 Å². The van der Waals surface area contributed by atoms with Crippen molar-refractivity contribution in [3.05, 3.63) is 29.8 Å². The number of aliphatic hydroxyl groups is 1. The molecule has 1 rings (SSSR count). The molecule has 0 amide bonds. The maximum absolute atomic E-state index is 8.94. The number of aliphatic hydroxyl groups excluding tert-OH is 1. The van der Waals surface area contributed by atoms with Crippen molar-refractivity contribution in [2.24, 2.45) is 0 Å². The molecule has 3 heteroatoms. The Hall–Kier alpha value is -0.510. The average Bonchev–Trinajstić information content (AvgIpc) is 2.30. The smallest absolute Gasteiger partial charge is 0.0558 e. The Kier molecular flexibility index (Phi) is 6.63. The van der Waals surface area contributed by atoms with Crippen LogP contribution in [-0.2, 0) is 6.54 Å². The van der Waals surface area contributed by atoms with Crippen LogP contribution < -0.4 is 0 Å². The van der Waals surface area contributed by atoms with E-state index in [0.717, 1.165) is 19.6 Å². The maximum atomic E-state index is 8.94. The minimum Gasteiger partial charge on any atom is -0.395 e. The first-order valence-corrected chi connectivity index (χ1v) is 7.12. The van der Waals surface area contributed by atoms with Crippen LogP contribution in [0, 0.1) is 0 Å². The van der Waals surface area contributed by atoms with Gasteiger partial charge in [-0.05, 0) is 24.2 Å². The Balaban J connectivity index is 2.54. The first-order valence-electron chi connectivity index (χ1n) is 6.24. The van der Waals surface area contributed by atoms with E-state index in [1.807, 2.05) is 11.8 Å². The summed E-state index contributed by atoms with van der Waals surface area (Å²) in [5, 5.41) is 9.57. The van der Waals surface area contributed by atoms with Crippen LogP contribution in [0.5, 0.6) is 0 Å². The number of likely N-dealkylation sites (N-methyl/N-ethyl adjacent to an activating group) is 1. The Labute approximate surface area is 109 Å². The van der Waals surface area contributed by atoms with Crippen molar-refractivity contribution in [2.45, 2.75) is 37.5 Å². The highest BCUT2D eigenvalue weighted by Crippen LogP contribution is 2.23. The number of rotatable bonds is 7. The fourth-order valence-electron chi connectivity index (χ4n) is 1.69. The fourth-order valence-corrected chi connectivity index (χ4v) is 2.53. The molecule has 17 heavy (non-hydrogen) atoms. The van der Waals surface area contributed by atoms with Gasteiger partial charge in [-0.1, -0.05) is 32.9 Å². The highest BCUT2D eigenvalue weighted by atomic mass is 32.2. The summed E-state index contributed by atoms with van der Waals surface area (Å²) in [6, 6.07) is 8.75. The molecule has 96 valence electrons. The number of hydrogen-bond donors (Lipinski definition) is 1. The second-order valence-corrected chi connectivity index (χ2v) is 6.05. The number of benzene rings is 1. The zero-order valence-electron chi connectivity index (χ0n) is 11.0. The molecule has 0 spiro atoms. The van der Waals surface area contributed by atoms with E-state index >= 15 is 0 Å². The highest BCUT2D eigenvalue weighted by Gasteiger charge is 2.03. The van der Waals surface area contributed by atoms with Crippen molar-refractivity contribution in [1.82, 2.24) is 4.90 Å². The third-order valence-corrected chi connectivity index (χ3v) is 3.58. The van der Waals surface area contributed by atoms with Gasteiger partial charge in [-0.25, -0.2) is 0 Å². The molecule has 0 bridgehead atoms. The Morgan fingerprint density at radius 1 is 1.24 bits per heavy atom. The van der Waals surface area contributed by atoms with Crippen molar-refractivity contribution in [2.75, 3.05) is 19.7 Å². The van der Waals surface area contributed by atoms with Crippen LogP contribution in [0.15, 0.2) is 29.2 Å². The van der Waals surface area contributed by atoms with Crippen LogP contribution >= 0.6 is 11.8 Å². The Bertz CT molecular complexity index is 311. The molecular formula is C14H23NOS. The molecule has 1 N–H and O–H groups in total. The standard InChI is InChI=1S/C14H23NOS/c1-4-15(9-10-16)11-13-5-7-14(8-6-13)17-12(2)3/h5-8,12,16H,4,9-11H2,1-3H3. The zero-order chi connectivity index (χ0) is 12.7. The summed E-state index contributed by atoms with van der Waals surface area (Å²) in [7, 11) is 0. The second-order valence-electron chi connectivity index (χ2n) is 4.40. The summed E-state index contributed by atoms with van der Waals surface area (Å²) in [5.41, 5.74) is 1.31. The molecule has 0 heterocycles. The lowest BCUT2D eigenvalue weighted by Crippen LogP contribution is -2.25. The molecule has 0 saturated heterocycles. The quantitative estimate of drug-likeness (QED) is 0.756. The maximum Gasteiger partial charge on any atom is 0.0558 e. The molecule has 0 unspecified atom stereocenters. The molecule has 0 aromatic heterocycles. The normalized spacial score (nSPS) is 11.4. The first-order chi connectivity index (χ1) is 8.15. The van der Waals surface area contributed by atoms with Gasteiger partial charge in [0.1, 0.15) is 0 Å². The molecule has 0 radical (unpaired) electrons. The van der Waals surface area contributed by atoms with Gasteiger partial charge in [0.15, 0.2) is 0 Å². The van der Waals surface area contributed by atoms with Gasteiger partial charge in [0.2, 0.25) is 0 Å². The van der Waals surface area contributed by atoms with Gasteiger partial charge >= 0.3 is 0 Å². The van der Waals surface area contributed by atoms with Gasteiger partial charge in [0.05, 0.1) is 6.61 Å². The van der Waals surface area contributed by atoms with Gasteiger partial charge in [-0.2, -0.15) is 0 Å². The second kappa shape index (κ2) is 7.75. The largest absolute Gasteiger partial charge is 0.395 e. The van der Waals surface area contributed by atoms with Crippen molar-refractivity contribution in [1.29, 1.82) is 0 Å². The predicted octanol–water partition coefficient (Wildman–Crippen LogP) is 3.00. The van der Waals surface area contributed by atoms with Crippen LogP contribution in [0.3, 0.4) is 0 Å². The molecule has 2 nitrogen and oxygen atoms in total. The molecule has 0 aliphatic heterocycles. The SMILES string of the molecule is CCN(CCO)Cc1ccc(SC(C)C)cc1. The zero-order valence-corrected chi connectivity index (χ0v) is 11.8. The minimum absolute atomic E-state index is 0.231. The Morgan fingerprint density at radius 2 is 1.88 bits per heavy atom. The number of nitrogens with zero attached hydrogens (tertiary/aromatic N) is 1. The van der Waals surface area contributed by atoms with E-state index < -0.39 is 0 Å². The summed E-state index contributed by atoms with van der Waals surface area (Å²) < 4.78 is 0. The van der Waals surface area contributed by atoms with E-state index in [4.69, 9.17) is 5.11 Å². The summed E-state index contributed by atoms with van der Waals surface area (Å²) >= 11 is 1.89. The van der Waals surface area contributed by atoms with Crippen LogP contribution in [-0.4, -0.2) is 35.0 Å². The molecule has 1 aromatic rings. The first kappa shape index (κ1) is 14.6. The van der Waals surface area contributed by atoms with Crippen molar-refractivity contribution in [3.8, 4) is 0 Å². The van der Waals surface area contributed by atoms with Crippen LogP contribution in [0.1, 0.15) is 26.3 Å². The van der Waals surface area contributed by atoms with Crippen molar-refractivity contribution < 1.29 is 5.11 Å². The minimum atomic E-state index is 0.231. The van der Waals surface area contributed by atoms with E-state index in [0.29, 0.717) is 5.25 Å². The highest BCUT2D eigenvalue weighted by molar-refractivity contribution is 7.99. The van der Waals surface area contributed by atoms with Gasteiger partial charge in [-0.3, -0.25) is 4.90 Å². The summed E-state index contributed by atoms with van der Waals surface area (Å²) in [4.78, 5) is 3.57. The van der Waals surface area contributed by atoms with Gasteiger partial charge in [-0.15, -0.1) is 11.8 Å². The lowest BCUT2D eigenvalue weighted by Gasteiger charge is -2.19. The van der Waals surface area contributed by atoms with Crippen molar-refractivity contribution >= 4 is 11.8 Å². The predicted molar refractivity (Wildman–Crippen MR) is 75.5 cm³/mol. The monoisotopic (exact) mass is 253 g/mol. The van der Waals surface area contributed by atoms with Crippen LogP contribution in [0.4, 0.5) is 0 Å². The average molecular weight is 253 g/mol. The molecule has 0 atom stereocenters. The van der Waals surface area contributed by atoms with Gasteiger partial charge in [0, 0.05) is 23.2 Å². The van der Waals surface area contributed by atoms with Crippen LogP contribution in [0.2, 0.25) is 0 Å². The van der Waals surface area contributed by atoms with E-state index in [-0.39, 0.29) is 6.61 Å². The Morgan fingerprint density at radius 3 is 2.35 bits per heavy atom. The molecule has 1 aromatic carbocycles. The molecule has 0 fully saturated rings. The third kappa shape index (κ3) is 5.57. The summed E-state index contributed by atoms with van der Waals surface area (Å²) in [6.45, 7) is 9.41. The molecule has 0 aliphatic carbocycles. The lowest BCUT2D eigenvalue weighted by molar-refractivity contribution is 0.197. The van der Waals surface area contributed by atoms with E-state index in [9.17, 15) is 0 Å². The third-order valence-electron chi connectivity index (χ3n) is 2.56. The summed E-state index contributed by atoms with van der Waals surface area (Å²) in [6.07, 6.45) is 0. The molecule has 0 saturated carbocycles. The molecule has 0 aliphatic rings. The lowest BCUT2D eigenvalue weighted by atomic mass is 10.2. The van der Waals surface area contributed by atoms with Crippen molar-refractivity contribution in [3.63, 3.8) is 0 Å². The molecular weight excluding hydrogens is 230 g/mol. The number of hydrogen-bond acceptors (Lipinski definition) is 3. The summed E-state index contributed by atoms with van der Waals surface area (Å²) in [5.74, 6) is 0. The number of thioether (sulfide) groups is 1. The van der Waals surface area contributed by atoms with E-state index in [1.54, 1.807) is 0 Å². The topological polar surface area (TPSA) is 23.5 Å². The van der Waals surface area contributed by atoms with E-state index in [1.165, 1.54) is 10.5 Å². The van der Waals surface area contributed by atoms with Gasteiger partial charge < -0.3 is 5.11 Å².